The molecule has 1 aromatic heterocycles. The van der Waals surface area contributed by atoms with Gasteiger partial charge in [-0.1, -0.05) is 11.2 Å². The molecule has 72 valence electrons. The lowest BCUT2D eigenvalue weighted by atomic mass is 10.3. The molecule has 2 rings (SSSR count). The molecule has 0 atom stereocenters. The van der Waals surface area contributed by atoms with E-state index in [2.05, 4.69) is 5.16 Å². The first-order valence-electron chi connectivity index (χ1n) is 4.22. The van der Waals surface area contributed by atoms with Gasteiger partial charge in [-0.3, -0.25) is 0 Å². The molecule has 0 spiro atoms. The van der Waals surface area contributed by atoms with Crippen LogP contribution in [0.3, 0.4) is 0 Å². The van der Waals surface area contributed by atoms with Gasteiger partial charge in [0.15, 0.2) is 0 Å². The van der Waals surface area contributed by atoms with Crippen molar-refractivity contribution in [1.82, 2.24) is 5.16 Å². The number of aromatic nitrogens is 1. The van der Waals surface area contributed by atoms with Gasteiger partial charge in [-0.25, -0.2) is 0 Å². The Morgan fingerprint density at radius 2 is 2.29 bits per heavy atom. The van der Waals surface area contributed by atoms with E-state index in [1.165, 1.54) is 0 Å². The Morgan fingerprint density at radius 1 is 1.36 bits per heavy atom. The summed E-state index contributed by atoms with van der Waals surface area (Å²) in [5, 5.41) is 3.64. The first kappa shape index (κ1) is 9.15. The number of benzene rings is 1. The van der Waals surface area contributed by atoms with Crippen LogP contribution in [0, 0.1) is 0 Å². The first-order chi connectivity index (χ1) is 6.84. The van der Waals surface area contributed by atoms with Gasteiger partial charge in [0.2, 0.25) is 0 Å². The van der Waals surface area contributed by atoms with E-state index in [9.17, 15) is 0 Å². The van der Waals surface area contributed by atoms with E-state index in [1.54, 1.807) is 18.0 Å². The lowest BCUT2D eigenvalue weighted by Crippen LogP contribution is -1.83. The SMILES string of the molecule is Nc1cccc(SCc2ccno2)c1. The summed E-state index contributed by atoms with van der Waals surface area (Å²) in [6.07, 6.45) is 1.65. The van der Waals surface area contributed by atoms with Crippen LogP contribution in [0.4, 0.5) is 5.69 Å². The van der Waals surface area contributed by atoms with Crippen molar-refractivity contribution < 1.29 is 4.52 Å². The van der Waals surface area contributed by atoms with E-state index in [-0.39, 0.29) is 0 Å². The average molecular weight is 206 g/mol. The molecule has 0 unspecified atom stereocenters. The Bertz CT molecular complexity index is 400. The molecule has 14 heavy (non-hydrogen) atoms. The molecule has 1 aromatic carbocycles. The molecule has 3 nitrogen and oxygen atoms in total. The number of rotatable bonds is 3. The summed E-state index contributed by atoms with van der Waals surface area (Å²) >= 11 is 1.68. The van der Waals surface area contributed by atoms with Crippen molar-refractivity contribution in [2.75, 3.05) is 5.73 Å². The zero-order chi connectivity index (χ0) is 9.80. The molecule has 0 bridgehead atoms. The lowest BCUT2D eigenvalue weighted by molar-refractivity contribution is 0.395. The van der Waals surface area contributed by atoms with Crippen molar-refractivity contribution in [3.05, 3.63) is 42.3 Å². The predicted molar refractivity (Wildman–Crippen MR) is 56.9 cm³/mol. The summed E-state index contributed by atoms with van der Waals surface area (Å²) in [4.78, 5) is 1.14. The van der Waals surface area contributed by atoms with Gasteiger partial charge in [0.25, 0.3) is 0 Å². The third-order valence-electron chi connectivity index (χ3n) is 1.73. The minimum absolute atomic E-state index is 0.781. The topological polar surface area (TPSA) is 52.0 Å². The first-order valence-corrected chi connectivity index (χ1v) is 5.21. The number of nitrogen functional groups attached to an aromatic ring is 1. The fraction of sp³-hybridized carbons (Fsp3) is 0.100. The quantitative estimate of drug-likeness (QED) is 0.619. The Morgan fingerprint density at radius 3 is 3.00 bits per heavy atom. The van der Waals surface area contributed by atoms with Crippen molar-refractivity contribution in [2.24, 2.45) is 0 Å². The average Bonchev–Trinajstić information content (AvgIpc) is 2.67. The molecule has 0 radical (unpaired) electrons. The number of thioether (sulfide) groups is 1. The molecule has 0 fully saturated rings. The maximum atomic E-state index is 5.66. The molecule has 1 heterocycles. The minimum Gasteiger partial charge on any atom is -0.399 e. The van der Waals surface area contributed by atoms with Crippen molar-refractivity contribution in [3.63, 3.8) is 0 Å². The highest BCUT2D eigenvalue weighted by atomic mass is 32.2. The van der Waals surface area contributed by atoms with Gasteiger partial charge in [-0.2, -0.15) is 0 Å². The van der Waals surface area contributed by atoms with Crippen LogP contribution in [0.25, 0.3) is 0 Å². The van der Waals surface area contributed by atoms with E-state index < -0.39 is 0 Å². The lowest BCUT2D eigenvalue weighted by Gasteiger charge is -1.99. The highest BCUT2D eigenvalue weighted by molar-refractivity contribution is 7.98. The molecular formula is C10H10N2OS. The summed E-state index contributed by atoms with van der Waals surface area (Å²) in [6, 6.07) is 9.65. The van der Waals surface area contributed by atoms with Gasteiger partial charge in [0, 0.05) is 16.6 Å². The molecule has 2 N–H and O–H groups in total. The van der Waals surface area contributed by atoms with Gasteiger partial charge < -0.3 is 10.3 Å². The zero-order valence-corrected chi connectivity index (χ0v) is 8.33. The molecular weight excluding hydrogens is 196 g/mol. The molecule has 2 aromatic rings. The third-order valence-corrected chi connectivity index (χ3v) is 2.75. The summed E-state index contributed by atoms with van der Waals surface area (Å²) in [6.45, 7) is 0. The van der Waals surface area contributed by atoms with E-state index in [1.807, 2.05) is 30.3 Å². The molecule has 0 saturated carbocycles. The van der Waals surface area contributed by atoms with Crippen LogP contribution in [0.1, 0.15) is 5.76 Å². The van der Waals surface area contributed by atoms with Crippen molar-refractivity contribution >= 4 is 17.4 Å². The second-order valence-corrected chi connectivity index (χ2v) is 3.89. The highest BCUT2D eigenvalue weighted by Gasteiger charge is 1.99. The molecule has 0 aliphatic carbocycles. The third kappa shape index (κ3) is 2.29. The Labute approximate surface area is 86.3 Å². The van der Waals surface area contributed by atoms with Crippen LogP contribution in [0.5, 0.6) is 0 Å². The smallest absolute Gasteiger partial charge is 0.146 e. The molecule has 0 amide bonds. The molecule has 0 saturated heterocycles. The Kier molecular flexibility index (Phi) is 2.74. The summed E-state index contributed by atoms with van der Waals surface area (Å²) in [5.74, 6) is 1.65. The Hall–Kier alpha value is -1.42. The predicted octanol–water partition coefficient (Wildman–Crippen LogP) is 2.55. The molecule has 4 heteroatoms. The molecule has 0 aliphatic heterocycles. The van der Waals surface area contributed by atoms with E-state index >= 15 is 0 Å². The van der Waals surface area contributed by atoms with Crippen LogP contribution >= 0.6 is 11.8 Å². The van der Waals surface area contributed by atoms with Crippen LogP contribution in [-0.2, 0) is 5.75 Å². The van der Waals surface area contributed by atoms with Gasteiger partial charge >= 0.3 is 0 Å². The van der Waals surface area contributed by atoms with E-state index in [4.69, 9.17) is 10.3 Å². The number of nitrogens with zero attached hydrogens (tertiary/aromatic N) is 1. The van der Waals surface area contributed by atoms with Gasteiger partial charge in [0.1, 0.15) is 5.76 Å². The maximum absolute atomic E-state index is 5.66. The summed E-state index contributed by atoms with van der Waals surface area (Å²) in [5.41, 5.74) is 6.44. The normalized spacial score (nSPS) is 10.3. The molecule has 0 aliphatic rings. The fourth-order valence-corrected chi connectivity index (χ4v) is 1.93. The maximum Gasteiger partial charge on any atom is 0.146 e. The monoisotopic (exact) mass is 206 g/mol. The van der Waals surface area contributed by atoms with Gasteiger partial charge in [-0.05, 0) is 18.2 Å². The van der Waals surface area contributed by atoms with Crippen LogP contribution in [-0.4, -0.2) is 5.16 Å². The van der Waals surface area contributed by atoms with Crippen LogP contribution in [0.2, 0.25) is 0 Å². The van der Waals surface area contributed by atoms with E-state index in [0.29, 0.717) is 0 Å². The van der Waals surface area contributed by atoms with Crippen LogP contribution in [0.15, 0.2) is 45.9 Å². The standard InChI is InChI=1S/C10H10N2OS/c11-8-2-1-3-10(6-8)14-7-9-4-5-12-13-9/h1-6H,7,11H2. The fourth-order valence-electron chi connectivity index (χ4n) is 1.08. The number of hydrogen-bond donors (Lipinski definition) is 1. The zero-order valence-electron chi connectivity index (χ0n) is 7.51. The Balaban J connectivity index is 1.98. The number of hydrogen-bond acceptors (Lipinski definition) is 4. The second-order valence-electron chi connectivity index (χ2n) is 2.84. The largest absolute Gasteiger partial charge is 0.399 e. The second kappa shape index (κ2) is 4.19. The van der Waals surface area contributed by atoms with E-state index in [0.717, 1.165) is 22.1 Å². The van der Waals surface area contributed by atoms with Crippen molar-refractivity contribution in [1.29, 1.82) is 0 Å². The summed E-state index contributed by atoms with van der Waals surface area (Å²) < 4.78 is 4.98. The van der Waals surface area contributed by atoms with Crippen molar-refractivity contribution in [3.8, 4) is 0 Å². The number of anilines is 1. The van der Waals surface area contributed by atoms with Crippen LogP contribution < -0.4 is 5.73 Å². The van der Waals surface area contributed by atoms with Crippen molar-refractivity contribution in [2.45, 2.75) is 10.6 Å². The number of nitrogens with two attached hydrogens (primary N) is 1. The summed E-state index contributed by atoms with van der Waals surface area (Å²) in [7, 11) is 0. The van der Waals surface area contributed by atoms with Gasteiger partial charge in [0.05, 0.1) is 11.9 Å². The van der Waals surface area contributed by atoms with Gasteiger partial charge in [-0.15, -0.1) is 11.8 Å². The highest BCUT2D eigenvalue weighted by Crippen LogP contribution is 2.23. The minimum atomic E-state index is 0.781.